The summed E-state index contributed by atoms with van der Waals surface area (Å²) in [5, 5.41) is 23.9. The van der Waals surface area contributed by atoms with Crippen molar-refractivity contribution in [1.29, 1.82) is 5.26 Å². The van der Waals surface area contributed by atoms with Crippen molar-refractivity contribution in [1.82, 2.24) is 5.32 Å². The maximum absolute atomic E-state index is 11.7. The highest BCUT2D eigenvalue weighted by Gasteiger charge is 2.15. The van der Waals surface area contributed by atoms with E-state index in [9.17, 15) is 4.79 Å². The highest BCUT2D eigenvalue weighted by atomic mass is 32.1. The summed E-state index contributed by atoms with van der Waals surface area (Å²) >= 11 is 1.38. The second kappa shape index (κ2) is 6.38. The lowest BCUT2D eigenvalue weighted by Gasteiger charge is -2.14. The van der Waals surface area contributed by atoms with Crippen molar-refractivity contribution in [2.75, 3.05) is 11.9 Å². The summed E-state index contributed by atoms with van der Waals surface area (Å²) in [6.45, 7) is 5.54. The molecule has 0 spiro atoms. The first kappa shape index (κ1) is 14.5. The summed E-state index contributed by atoms with van der Waals surface area (Å²) in [5.41, 5.74) is 1.40. The number of anilines is 1. The topological polar surface area (TPSA) is 85.2 Å². The Balaban J connectivity index is 2.77. The fraction of sp³-hybridized carbons (Fsp3) is 0.500. The number of thiophene rings is 1. The molecule has 0 fully saturated rings. The molecule has 6 heteroatoms. The van der Waals surface area contributed by atoms with Crippen molar-refractivity contribution in [2.24, 2.45) is 0 Å². The molecular formula is C12H17N3O2S. The molecule has 98 valence electrons. The number of carbonyl (C=O) groups excluding carboxylic acids is 1. The number of aliphatic hydroxyl groups is 1. The molecule has 0 aliphatic carbocycles. The Morgan fingerprint density at radius 1 is 1.56 bits per heavy atom. The predicted octanol–water partition coefficient (Wildman–Crippen LogP) is 2.13. The van der Waals surface area contributed by atoms with Gasteiger partial charge in [-0.15, -0.1) is 11.3 Å². The molecule has 1 aromatic rings. The molecule has 18 heavy (non-hydrogen) atoms. The number of hydrogen-bond donors (Lipinski definition) is 3. The van der Waals surface area contributed by atoms with Crippen LogP contribution in [0.5, 0.6) is 0 Å². The van der Waals surface area contributed by atoms with E-state index in [1.54, 1.807) is 0 Å². The van der Waals surface area contributed by atoms with Gasteiger partial charge in [0.2, 0.25) is 0 Å². The van der Waals surface area contributed by atoms with Crippen LogP contribution in [0, 0.1) is 25.2 Å². The first-order chi connectivity index (χ1) is 8.53. The van der Waals surface area contributed by atoms with E-state index >= 15 is 0 Å². The number of aliphatic hydroxyl groups excluding tert-OH is 1. The SMILES string of the molecule is CC[C@H](CO)NC(=O)Nc1sc(C)c(C)c1C#N. The fourth-order valence-electron chi connectivity index (χ4n) is 1.45. The van der Waals surface area contributed by atoms with Crippen molar-refractivity contribution in [3.8, 4) is 6.07 Å². The highest BCUT2D eigenvalue weighted by Crippen LogP contribution is 2.31. The normalized spacial score (nSPS) is 11.7. The van der Waals surface area contributed by atoms with Gasteiger partial charge in [0.15, 0.2) is 0 Å². The Morgan fingerprint density at radius 3 is 2.72 bits per heavy atom. The number of urea groups is 1. The number of nitrogens with one attached hydrogen (secondary N) is 2. The molecule has 1 rings (SSSR count). The molecule has 0 saturated carbocycles. The van der Waals surface area contributed by atoms with E-state index in [2.05, 4.69) is 16.7 Å². The van der Waals surface area contributed by atoms with Gasteiger partial charge in [-0.2, -0.15) is 5.26 Å². The second-order valence-corrected chi connectivity index (χ2v) is 5.21. The van der Waals surface area contributed by atoms with Gasteiger partial charge in [-0.05, 0) is 25.8 Å². The van der Waals surface area contributed by atoms with Crippen LogP contribution in [0.25, 0.3) is 0 Å². The summed E-state index contributed by atoms with van der Waals surface area (Å²) in [4.78, 5) is 12.7. The molecule has 0 bridgehead atoms. The smallest absolute Gasteiger partial charge is 0.320 e. The predicted molar refractivity (Wildman–Crippen MR) is 71.8 cm³/mol. The van der Waals surface area contributed by atoms with E-state index < -0.39 is 6.03 Å². The van der Waals surface area contributed by atoms with Crippen molar-refractivity contribution in [3.05, 3.63) is 16.0 Å². The van der Waals surface area contributed by atoms with Crippen LogP contribution in [-0.2, 0) is 0 Å². The van der Waals surface area contributed by atoms with Gasteiger partial charge in [0.1, 0.15) is 11.1 Å². The summed E-state index contributed by atoms with van der Waals surface area (Å²) in [7, 11) is 0. The molecule has 5 nitrogen and oxygen atoms in total. The third kappa shape index (κ3) is 3.22. The molecule has 0 radical (unpaired) electrons. The summed E-state index contributed by atoms with van der Waals surface area (Å²) in [6, 6.07) is 1.43. The largest absolute Gasteiger partial charge is 0.394 e. The Kier molecular flexibility index (Phi) is 5.13. The third-order valence-corrected chi connectivity index (χ3v) is 3.90. The number of nitrogens with zero attached hydrogens (tertiary/aromatic N) is 1. The first-order valence-electron chi connectivity index (χ1n) is 5.71. The number of hydrogen-bond acceptors (Lipinski definition) is 4. The number of rotatable bonds is 4. The van der Waals surface area contributed by atoms with Crippen LogP contribution < -0.4 is 10.6 Å². The van der Waals surface area contributed by atoms with E-state index in [0.717, 1.165) is 10.4 Å². The standard InChI is InChI=1S/C12H17N3O2S/c1-4-9(6-16)14-12(17)15-11-10(5-13)7(2)8(3)18-11/h9,16H,4,6H2,1-3H3,(H2,14,15,17)/t9-/m1/s1. The van der Waals surface area contributed by atoms with E-state index in [1.807, 2.05) is 20.8 Å². The number of aryl methyl sites for hydroxylation is 1. The summed E-state index contributed by atoms with van der Waals surface area (Å²) in [6.07, 6.45) is 0.650. The third-order valence-electron chi connectivity index (χ3n) is 2.77. The zero-order valence-electron chi connectivity index (χ0n) is 10.7. The Hall–Kier alpha value is -1.58. The van der Waals surface area contributed by atoms with Crippen molar-refractivity contribution in [3.63, 3.8) is 0 Å². The monoisotopic (exact) mass is 267 g/mol. The van der Waals surface area contributed by atoms with Gasteiger partial charge in [0.05, 0.1) is 18.2 Å². The average molecular weight is 267 g/mol. The minimum absolute atomic E-state index is 0.0997. The van der Waals surface area contributed by atoms with Crippen LogP contribution in [0.3, 0.4) is 0 Å². The molecule has 3 N–H and O–H groups in total. The van der Waals surface area contributed by atoms with Gasteiger partial charge >= 0.3 is 6.03 Å². The number of nitriles is 1. The van der Waals surface area contributed by atoms with Crippen molar-refractivity contribution in [2.45, 2.75) is 33.2 Å². The zero-order chi connectivity index (χ0) is 13.7. The van der Waals surface area contributed by atoms with Gasteiger partial charge in [-0.25, -0.2) is 4.79 Å². The lowest BCUT2D eigenvalue weighted by atomic mass is 10.2. The Bertz CT molecular complexity index is 472. The maximum Gasteiger partial charge on any atom is 0.320 e. The molecule has 0 unspecified atom stereocenters. The highest BCUT2D eigenvalue weighted by molar-refractivity contribution is 7.16. The minimum atomic E-state index is -0.395. The lowest BCUT2D eigenvalue weighted by Crippen LogP contribution is -2.39. The molecule has 0 aromatic carbocycles. The van der Waals surface area contributed by atoms with Gasteiger partial charge in [-0.3, -0.25) is 5.32 Å². The van der Waals surface area contributed by atoms with Crippen LogP contribution in [0.1, 0.15) is 29.3 Å². The van der Waals surface area contributed by atoms with Crippen LogP contribution in [0.2, 0.25) is 0 Å². The second-order valence-electron chi connectivity index (χ2n) is 3.99. The molecule has 0 aliphatic heterocycles. The van der Waals surface area contributed by atoms with E-state index in [4.69, 9.17) is 10.4 Å². The molecule has 1 heterocycles. The number of amides is 2. The van der Waals surface area contributed by atoms with Gasteiger partial charge in [0, 0.05) is 4.88 Å². The Morgan fingerprint density at radius 2 is 2.22 bits per heavy atom. The average Bonchev–Trinajstić information content (AvgIpc) is 2.61. The molecule has 2 amide bonds. The molecular weight excluding hydrogens is 250 g/mol. The maximum atomic E-state index is 11.7. The zero-order valence-corrected chi connectivity index (χ0v) is 11.5. The van der Waals surface area contributed by atoms with Crippen LogP contribution in [0.4, 0.5) is 9.80 Å². The van der Waals surface area contributed by atoms with Crippen LogP contribution in [0.15, 0.2) is 0 Å². The quantitative estimate of drug-likeness (QED) is 0.781. The van der Waals surface area contributed by atoms with Gasteiger partial charge in [-0.1, -0.05) is 6.92 Å². The summed E-state index contributed by atoms with van der Waals surface area (Å²) in [5.74, 6) is 0. The van der Waals surface area contributed by atoms with E-state index in [0.29, 0.717) is 17.0 Å². The lowest BCUT2D eigenvalue weighted by molar-refractivity contribution is 0.222. The van der Waals surface area contributed by atoms with Crippen LogP contribution >= 0.6 is 11.3 Å². The number of carbonyl (C=O) groups is 1. The minimum Gasteiger partial charge on any atom is -0.394 e. The van der Waals surface area contributed by atoms with E-state index in [-0.39, 0.29) is 12.6 Å². The van der Waals surface area contributed by atoms with E-state index in [1.165, 1.54) is 11.3 Å². The Labute approximate surface area is 110 Å². The molecule has 1 atom stereocenters. The fourth-order valence-corrected chi connectivity index (χ4v) is 2.46. The molecule has 0 aliphatic rings. The molecule has 1 aromatic heterocycles. The summed E-state index contributed by atoms with van der Waals surface area (Å²) < 4.78 is 0. The van der Waals surface area contributed by atoms with Gasteiger partial charge < -0.3 is 10.4 Å². The van der Waals surface area contributed by atoms with Crippen molar-refractivity contribution >= 4 is 22.4 Å². The van der Waals surface area contributed by atoms with Gasteiger partial charge in [0.25, 0.3) is 0 Å². The first-order valence-corrected chi connectivity index (χ1v) is 6.53. The van der Waals surface area contributed by atoms with Crippen molar-refractivity contribution < 1.29 is 9.90 Å². The molecule has 0 saturated heterocycles. The van der Waals surface area contributed by atoms with Crippen LogP contribution in [-0.4, -0.2) is 23.8 Å².